The summed E-state index contributed by atoms with van der Waals surface area (Å²) in [6, 6.07) is 2.32. The Kier molecular flexibility index (Phi) is 2.90. The molecule has 3 rings (SSSR count). The number of fused-ring (bicyclic) bond motifs is 1. The Labute approximate surface area is 111 Å². The van der Waals surface area contributed by atoms with Crippen molar-refractivity contribution in [2.24, 2.45) is 5.92 Å². The normalized spacial score (nSPS) is 14.4. The van der Waals surface area contributed by atoms with Crippen LogP contribution >= 0.6 is 11.3 Å². The van der Waals surface area contributed by atoms with Crippen LogP contribution in [0.4, 0.5) is 5.82 Å². The summed E-state index contributed by atoms with van der Waals surface area (Å²) >= 11 is 1.90. The molecule has 18 heavy (non-hydrogen) atoms. The minimum absolute atomic E-state index is 0.593. The number of thiophene rings is 1. The standard InChI is InChI=1S/C14H19N3S/c1-8(2)6-10-13(16-17-14(10)15)12-7-9-4-3-5-11(9)18-12/h7-8H,3-6H2,1-2H3,(H3,15,16,17). The highest BCUT2D eigenvalue weighted by Crippen LogP contribution is 2.38. The van der Waals surface area contributed by atoms with Crippen LogP contribution in [0.2, 0.25) is 0 Å². The molecule has 0 atom stereocenters. The van der Waals surface area contributed by atoms with Crippen molar-refractivity contribution in [3.05, 3.63) is 22.1 Å². The first kappa shape index (κ1) is 11.8. The number of anilines is 1. The van der Waals surface area contributed by atoms with Gasteiger partial charge in [0.25, 0.3) is 0 Å². The quantitative estimate of drug-likeness (QED) is 0.889. The molecule has 0 spiro atoms. The van der Waals surface area contributed by atoms with E-state index in [0.29, 0.717) is 11.7 Å². The molecular formula is C14H19N3S. The van der Waals surface area contributed by atoms with Crippen molar-refractivity contribution in [3.8, 4) is 10.6 Å². The first-order valence-electron chi connectivity index (χ1n) is 6.60. The second-order valence-corrected chi connectivity index (χ2v) is 6.61. The molecular weight excluding hydrogens is 242 g/mol. The fourth-order valence-corrected chi connectivity index (χ4v) is 3.93. The van der Waals surface area contributed by atoms with Crippen molar-refractivity contribution in [2.75, 3.05) is 5.73 Å². The van der Waals surface area contributed by atoms with Crippen LogP contribution in [0.5, 0.6) is 0 Å². The van der Waals surface area contributed by atoms with Crippen LogP contribution in [-0.4, -0.2) is 10.2 Å². The summed E-state index contributed by atoms with van der Waals surface area (Å²) in [5.41, 5.74) is 9.83. The smallest absolute Gasteiger partial charge is 0.149 e. The zero-order chi connectivity index (χ0) is 12.7. The van der Waals surface area contributed by atoms with Crippen molar-refractivity contribution in [3.63, 3.8) is 0 Å². The summed E-state index contributed by atoms with van der Waals surface area (Å²) in [5, 5.41) is 7.31. The van der Waals surface area contributed by atoms with E-state index in [0.717, 1.165) is 12.1 Å². The summed E-state index contributed by atoms with van der Waals surface area (Å²) in [6.45, 7) is 4.43. The van der Waals surface area contributed by atoms with Gasteiger partial charge >= 0.3 is 0 Å². The van der Waals surface area contributed by atoms with Gasteiger partial charge in [-0.15, -0.1) is 11.3 Å². The zero-order valence-electron chi connectivity index (χ0n) is 10.9. The fourth-order valence-electron chi connectivity index (χ4n) is 2.65. The van der Waals surface area contributed by atoms with Gasteiger partial charge in [-0.05, 0) is 43.2 Å². The first-order valence-corrected chi connectivity index (χ1v) is 7.41. The Balaban J connectivity index is 2.00. The number of aromatic nitrogens is 2. The van der Waals surface area contributed by atoms with E-state index in [2.05, 4.69) is 30.1 Å². The number of hydrogen-bond acceptors (Lipinski definition) is 3. The molecule has 0 saturated carbocycles. The maximum Gasteiger partial charge on any atom is 0.149 e. The Morgan fingerprint density at radius 3 is 3.00 bits per heavy atom. The number of hydrogen-bond donors (Lipinski definition) is 2. The molecule has 2 aromatic rings. The van der Waals surface area contributed by atoms with Crippen LogP contribution in [0, 0.1) is 5.92 Å². The van der Waals surface area contributed by atoms with Crippen molar-refractivity contribution < 1.29 is 0 Å². The van der Waals surface area contributed by atoms with E-state index in [1.54, 1.807) is 4.88 Å². The summed E-state index contributed by atoms with van der Waals surface area (Å²) in [4.78, 5) is 2.85. The van der Waals surface area contributed by atoms with E-state index in [4.69, 9.17) is 5.73 Å². The number of nitrogen functional groups attached to an aromatic ring is 1. The molecule has 1 aliphatic carbocycles. The second kappa shape index (κ2) is 4.43. The van der Waals surface area contributed by atoms with Crippen LogP contribution in [0.15, 0.2) is 6.07 Å². The lowest BCUT2D eigenvalue weighted by Crippen LogP contribution is -1.98. The third-order valence-electron chi connectivity index (χ3n) is 3.50. The number of aromatic amines is 1. The maximum absolute atomic E-state index is 5.98. The molecule has 0 radical (unpaired) electrons. The molecule has 96 valence electrons. The highest BCUT2D eigenvalue weighted by Gasteiger charge is 2.20. The summed E-state index contributed by atoms with van der Waals surface area (Å²) in [6.07, 6.45) is 4.77. The fraction of sp³-hybridized carbons (Fsp3) is 0.500. The van der Waals surface area contributed by atoms with E-state index in [1.807, 2.05) is 11.3 Å². The van der Waals surface area contributed by atoms with Crippen LogP contribution in [0.3, 0.4) is 0 Å². The molecule has 2 heterocycles. The molecule has 0 saturated heterocycles. The molecule has 0 aromatic carbocycles. The summed E-state index contributed by atoms with van der Waals surface area (Å²) in [7, 11) is 0. The van der Waals surface area contributed by atoms with Crippen molar-refractivity contribution in [2.45, 2.75) is 39.5 Å². The third-order valence-corrected chi connectivity index (χ3v) is 4.76. The molecule has 0 aliphatic heterocycles. The van der Waals surface area contributed by atoms with Crippen LogP contribution in [0.25, 0.3) is 10.6 Å². The molecule has 0 amide bonds. The summed E-state index contributed by atoms with van der Waals surface area (Å²) in [5.74, 6) is 1.25. The predicted octanol–water partition coefficient (Wildman–Crippen LogP) is 3.41. The molecule has 3 N–H and O–H groups in total. The minimum Gasteiger partial charge on any atom is -0.382 e. The monoisotopic (exact) mass is 261 g/mol. The molecule has 3 nitrogen and oxygen atoms in total. The van der Waals surface area contributed by atoms with E-state index < -0.39 is 0 Å². The minimum atomic E-state index is 0.593. The van der Waals surface area contributed by atoms with Crippen molar-refractivity contribution in [1.82, 2.24) is 10.2 Å². The van der Waals surface area contributed by atoms with Crippen LogP contribution in [-0.2, 0) is 19.3 Å². The first-order chi connectivity index (χ1) is 8.65. The van der Waals surface area contributed by atoms with Gasteiger partial charge in [-0.2, -0.15) is 5.10 Å². The Morgan fingerprint density at radius 1 is 1.44 bits per heavy atom. The number of nitrogens with two attached hydrogens (primary N) is 1. The highest BCUT2D eigenvalue weighted by atomic mass is 32.1. The number of nitrogens with zero attached hydrogens (tertiary/aromatic N) is 1. The lowest BCUT2D eigenvalue weighted by atomic mass is 10.0. The zero-order valence-corrected chi connectivity index (χ0v) is 11.7. The predicted molar refractivity (Wildman–Crippen MR) is 76.9 cm³/mol. The molecule has 0 bridgehead atoms. The molecule has 4 heteroatoms. The lowest BCUT2D eigenvalue weighted by molar-refractivity contribution is 0.649. The van der Waals surface area contributed by atoms with Gasteiger partial charge in [0.05, 0.1) is 10.6 Å². The number of rotatable bonds is 3. The Hall–Kier alpha value is -1.29. The maximum atomic E-state index is 5.98. The van der Waals surface area contributed by atoms with Gasteiger partial charge in [-0.25, -0.2) is 0 Å². The van der Waals surface area contributed by atoms with Gasteiger partial charge in [0.15, 0.2) is 0 Å². The largest absolute Gasteiger partial charge is 0.382 e. The van der Waals surface area contributed by atoms with Crippen LogP contribution < -0.4 is 5.73 Å². The van der Waals surface area contributed by atoms with E-state index >= 15 is 0 Å². The van der Waals surface area contributed by atoms with Gasteiger partial charge in [-0.1, -0.05) is 13.8 Å². The number of aryl methyl sites for hydroxylation is 2. The number of H-pyrrole nitrogens is 1. The molecule has 0 unspecified atom stereocenters. The van der Waals surface area contributed by atoms with Gasteiger partial charge in [-0.3, -0.25) is 5.10 Å². The molecule has 2 aromatic heterocycles. The topological polar surface area (TPSA) is 54.7 Å². The van der Waals surface area contributed by atoms with Gasteiger partial charge in [0.2, 0.25) is 0 Å². The van der Waals surface area contributed by atoms with Crippen molar-refractivity contribution in [1.29, 1.82) is 0 Å². The van der Waals surface area contributed by atoms with E-state index in [-0.39, 0.29) is 0 Å². The second-order valence-electron chi connectivity index (χ2n) is 5.47. The van der Waals surface area contributed by atoms with Crippen LogP contribution in [0.1, 0.15) is 36.3 Å². The van der Waals surface area contributed by atoms with Gasteiger partial charge < -0.3 is 5.73 Å². The molecule has 1 aliphatic rings. The Morgan fingerprint density at radius 2 is 2.28 bits per heavy atom. The van der Waals surface area contributed by atoms with Gasteiger partial charge in [0, 0.05) is 10.4 Å². The number of nitrogens with one attached hydrogen (secondary N) is 1. The van der Waals surface area contributed by atoms with Crippen molar-refractivity contribution >= 4 is 17.2 Å². The van der Waals surface area contributed by atoms with E-state index in [1.165, 1.54) is 35.3 Å². The average Bonchev–Trinajstić information content (AvgIpc) is 2.93. The Bertz CT molecular complexity index is 544. The van der Waals surface area contributed by atoms with E-state index in [9.17, 15) is 0 Å². The third kappa shape index (κ3) is 1.94. The summed E-state index contributed by atoms with van der Waals surface area (Å²) < 4.78 is 0. The average molecular weight is 261 g/mol. The van der Waals surface area contributed by atoms with Gasteiger partial charge in [0.1, 0.15) is 5.82 Å². The SMILES string of the molecule is CC(C)Cc1c(N)n[nH]c1-c1cc2c(s1)CCC2. The molecule has 0 fully saturated rings. The highest BCUT2D eigenvalue weighted by molar-refractivity contribution is 7.15. The lowest BCUT2D eigenvalue weighted by Gasteiger charge is -2.05.